The van der Waals surface area contributed by atoms with Crippen molar-refractivity contribution in [3.63, 3.8) is 0 Å². The Balaban J connectivity index is 2.05. The Morgan fingerprint density at radius 2 is 2.12 bits per heavy atom. The van der Waals surface area contributed by atoms with E-state index in [1.165, 1.54) is 22.5 Å². The number of amides is 1. The Bertz CT molecular complexity index is 939. The van der Waals surface area contributed by atoms with Crippen LogP contribution >= 0.6 is 0 Å². The third-order valence-corrected chi connectivity index (χ3v) is 5.60. The van der Waals surface area contributed by atoms with Gasteiger partial charge in [-0.25, -0.2) is 17.8 Å². The highest BCUT2D eigenvalue weighted by molar-refractivity contribution is 7.88. The number of fused-ring (bicyclic) bond motifs is 1. The van der Waals surface area contributed by atoms with Gasteiger partial charge in [0, 0.05) is 24.7 Å². The molecule has 9 heteroatoms. The van der Waals surface area contributed by atoms with Gasteiger partial charge in [0.25, 0.3) is 0 Å². The van der Waals surface area contributed by atoms with Crippen LogP contribution in [0.5, 0.6) is 0 Å². The van der Waals surface area contributed by atoms with Gasteiger partial charge in [0.1, 0.15) is 11.9 Å². The minimum Gasteiger partial charge on any atom is -0.330 e. The Morgan fingerprint density at radius 3 is 2.73 bits per heavy atom. The van der Waals surface area contributed by atoms with Gasteiger partial charge in [0.2, 0.25) is 15.9 Å². The minimum absolute atomic E-state index is 0.00947. The maximum absolute atomic E-state index is 13.4. The molecule has 0 aliphatic carbocycles. The fourth-order valence-corrected chi connectivity index (χ4v) is 4.18. The van der Waals surface area contributed by atoms with E-state index < -0.39 is 27.8 Å². The van der Waals surface area contributed by atoms with Gasteiger partial charge in [0.05, 0.1) is 24.0 Å². The molecule has 26 heavy (non-hydrogen) atoms. The molecule has 1 aromatic carbocycles. The first-order valence-electron chi connectivity index (χ1n) is 8.27. The third kappa shape index (κ3) is 3.49. The Labute approximate surface area is 151 Å². The first kappa shape index (κ1) is 18.5. The third-order valence-electron chi connectivity index (χ3n) is 4.35. The molecule has 0 fully saturated rings. The number of imidazole rings is 1. The number of carbonyl (C=O) groups excluding carboxylic acids is 1. The van der Waals surface area contributed by atoms with Gasteiger partial charge in [-0.05, 0) is 32.0 Å². The molecule has 0 saturated carbocycles. The van der Waals surface area contributed by atoms with Crippen molar-refractivity contribution in [2.24, 2.45) is 0 Å². The van der Waals surface area contributed by atoms with Crippen molar-refractivity contribution in [2.75, 3.05) is 18.1 Å². The van der Waals surface area contributed by atoms with Crippen LogP contribution in [0.15, 0.2) is 30.6 Å². The molecule has 0 saturated heterocycles. The molecule has 0 spiro atoms. The largest absolute Gasteiger partial charge is 0.330 e. The lowest BCUT2D eigenvalue weighted by atomic mass is 10.0. The molecule has 2 heterocycles. The van der Waals surface area contributed by atoms with Crippen molar-refractivity contribution in [1.29, 1.82) is 0 Å². The molecule has 1 N–H and O–H groups in total. The zero-order valence-electron chi connectivity index (χ0n) is 14.8. The van der Waals surface area contributed by atoms with Crippen molar-refractivity contribution in [3.8, 4) is 0 Å². The highest BCUT2D eigenvalue weighted by Crippen LogP contribution is 2.33. The van der Waals surface area contributed by atoms with Crippen LogP contribution < -0.4 is 5.32 Å². The molecule has 1 aromatic heterocycles. The number of hydrogen-bond donors (Lipinski definition) is 1. The molecule has 1 aliphatic heterocycles. The van der Waals surface area contributed by atoms with Crippen LogP contribution in [0, 0.1) is 5.82 Å². The molecule has 140 valence electrons. The molecule has 1 amide bonds. The lowest BCUT2D eigenvalue weighted by molar-refractivity contribution is -0.120. The molecule has 1 aliphatic rings. The molecule has 0 unspecified atom stereocenters. The highest BCUT2D eigenvalue weighted by atomic mass is 32.2. The first-order chi connectivity index (χ1) is 12.2. The summed E-state index contributed by atoms with van der Waals surface area (Å²) < 4.78 is 40.9. The normalized spacial score (nSPS) is 18.0. The van der Waals surface area contributed by atoms with Crippen LogP contribution in [0.4, 0.5) is 10.1 Å². The summed E-state index contributed by atoms with van der Waals surface area (Å²) in [7, 11) is -3.63. The number of benzene rings is 1. The van der Waals surface area contributed by atoms with Crippen LogP contribution in [0.25, 0.3) is 0 Å². The number of anilines is 1. The second kappa shape index (κ2) is 6.81. The van der Waals surface area contributed by atoms with Gasteiger partial charge in [-0.2, -0.15) is 4.31 Å². The number of halogens is 1. The Morgan fingerprint density at radius 1 is 1.38 bits per heavy atom. The van der Waals surface area contributed by atoms with Crippen molar-refractivity contribution >= 4 is 21.6 Å². The summed E-state index contributed by atoms with van der Waals surface area (Å²) in [6, 6.07) is 4.44. The summed E-state index contributed by atoms with van der Waals surface area (Å²) >= 11 is 0. The smallest absolute Gasteiger partial charge is 0.248 e. The van der Waals surface area contributed by atoms with Crippen molar-refractivity contribution in [1.82, 2.24) is 13.9 Å². The maximum Gasteiger partial charge on any atom is 0.248 e. The minimum atomic E-state index is -3.63. The molecule has 0 radical (unpaired) electrons. The van der Waals surface area contributed by atoms with Gasteiger partial charge in [-0.1, -0.05) is 6.07 Å². The standard InChI is InChI=1S/C17H21FN4O3S/c1-11(2)21-10-19-14-7-8-22(26(3,24)25)16(15(14)21)17(23)20-13-6-4-5-12(18)9-13/h4-6,9-11,16H,7-8H2,1-3H3,(H,20,23)/t16-/m0/s1. The molecular weight excluding hydrogens is 359 g/mol. The monoisotopic (exact) mass is 380 g/mol. The van der Waals surface area contributed by atoms with Crippen molar-refractivity contribution < 1.29 is 17.6 Å². The highest BCUT2D eigenvalue weighted by Gasteiger charge is 2.41. The van der Waals surface area contributed by atoms with E-state index in [4.69, 9.17) is 0 Å². The van der Waals surface area contributed by atoms with E-state index in [0.29, 0.717) is 17.8 Å². The molecule has 7 nitrogen and oxygen atoms in total. The van der Waals surface area contributed by atoms with Crippen LogP contribution in [-0.2, 0) is 21.2 Å². The summed E-state index contributed by atoms with van der Waals surface area (Å²) in [6.07, 6.45) is 3.14. The van der Waals surface area contributed by atoms with E-state index >= 15 is 0 Å². The number of carbonyl (C=O) groups is 1. The number of nitrogens with one attached hydrogen (secondary N) is 1. The molecule has 3 rings (SSSR count). The lowest BCUT2D eigenvalue weighted by Crippen LogP contribution is -2.45. The van der Waals surface area contributed by atoms with Gasteiger partial charge in [-0.15, -0.1) is 0 Å². The number of nitrogens with zero attached hydrogens (tertiary/aromatic N) is 3. The predicted molar refractivity (Wildman–Crippen MR) is 95.6 cm³/mol. The van der Waals surface area contributed by atoms with Crippen LogP contribution in [0.1, 0.15) is 37.3 Å². The second-order valence-electron chi connectivity index (χ2n) is 6.60. The number of rotatable bonds is 4. The summed E-state index contributed by atoms with van der Waals surface area (Å²) in [4.78, 5) is 17.3. The van der Waals surface area contributed by atoms with E-state index in [1.807, 2.05) is 18.4 Å². The number of sulfonamides is 1. The second-order valence-corrected chi connectivity index (χ2v) is 8.54. The van der Waals surface area contributed by atoms with Crippen LogP contribution in [0.2, 0.25) is 0 Å². The number of hydrogen-bond acceptors (Lipinski definition) is 4. The number of aromatic nitrogens is 2. The van der Waals surface area contributed by atoms with Crippen molar-refractivity contribution in [3.05, 3.63) is 47.8 Å². The van der Waals surface area contributed by atoms with Gasteiger partial charge >= 0.3 is 0 Å². The maximum atomic E-state index is 13.4. The molecular formula is C17H21FN4O3S. The average molecular weight is 380 g/mol. The molecule has 2 aromatic rings. The van der Waals surface area contributed by atoms with Crippen molar-refractivity contribution in [2.45, 2.75) is 32.4 Å². The summed E-state index contributed by atoms with van der Waals surface area (Å²) in [5.74, 6) is -1.02. The quantitative estimate of drug-likeness (QED) is 0.880. The Hall–Kier alpha value is -2.26. The van der Waals surface area contributed by atoms with E-state index in [1.54, 1.807) is 12.4 Å². The van der Waals surface area contributed by atoms with E-state index in [-0.39, 0.29) is 18.3 Å². The van der Waals surface area contributed by atoms with E-state index in [0.717, 1.165) is 6.26 Å². The zero-order chi connectivity index (χ0) is 19.1. The summed E-state index contributed by atoms with van der Waals surface area (Å²) in [6.45, 7) is 4.04. The first-order valence-corrected chi connectivity index (χ1v) is 10.1. The Kier molecular flexibility index (Phi) is 4.85. The summed E-state index contributed by atoms with van der Waals surface area (Å²) in [5.41, 5.74) is 1.54. The van der Waals surface area contributed by atoms with Crippen LogP contribution in [0.3, 0.4) is 0 Å². The topological polar surface area (TPSA) is 84.3 Å². The molecule has 1 atom stereocenters. The van der Waals surface area contributed by atoms with E-state index in [9.17, 15) is 17.6 Å². The zero-order valence-corrected chi connectivity index (χ0v) is 15.6. The average Bonchev–Trinajstić information content (AvgIpc) is 2.97. The SMILES string of the molecule is CC(C)n1cnc2c1[C@@H](C(=O)Nc1cccc(F)c1)N(S(C)(=O)=O)CC2. The van der Waals surface area contributed by atoms with Crippen LogP contribution in [-0.4, -0.2) is 41.0 Å². The lowest BCUT2D eigenvalue weighted by Gasteiger charge is -2.34. The van der Waals surface area contributed by atoms with E-state index in [2.05, 4.69) is 10.3 Å². The van der Waals surface area contributed by atoms with Gasteiger partial charge in [0.15, 0.2) is 0 Å². The fraction of sp³-hybridized carbons (Fsp3) is 0.412. The molecule has 0 bridgehead atoms. The summed E-state index contributed by atoms with van der Waals surface area (Å²) in [5, 5.41) is 2.63. The fourth-order valence-electron chi connectivity index (χ4n) is 3.18. The predicted octanol–water partition coefficient (Wildman–Crippen LogP) is 2.10. The van der Waals surface area contributed by atoms with Gasteiger partial charge < -0.3 is 9.88 Å². The van der Waals surface area contributed by atoms with Gasteiger partial charge in [-0.3, -0.25) is 4.79 Å².